The Morgan fingerprint density at radius 1 is 0.950 bits per heavy atom. The van der Waals surface area contributed by atoms with Gasteiger partial charge in [0.05, 0.1) is 16.6 Å². The fourth-order valence-electron chi connectivity index (χ4n) is 7.41. The predicted octanol–water partition coefficient (Wildman–Crippen LogP) is 2.98. The van der Waals surface area contributed by atoms with Crippen LogP contribution in [-0.2, 0) is 24.3 Å². The van der Waals surface area contributed by atoms with Gasteiger partial charge in [-0.2, -0.15) is 0 Å². The standard InChI is InChI=1S/C31H46BN3O5/c1-28(2,38)26(36)34-16-12-31(13-17-34)24-11-10-21(32-39-29(3,4)30(5,6)40-32)18-25(24)35(27(31)37)23-19-22(20-23)33-14-8-7-9-15-33/h10-11,18,22-23,38H,7-9,12-17,19-20H2,1-6H3. The molecule has 0 atom stereocenters. The van der Waals surface area contributed by atoms with Crippen molar-refractivity contribution < 1.29 is 24.0 Å². The van der Waals surface area contributed by atoms with E-state index >= 15 is 0 Å². The fourth-order valence-corrected chi connectivity index (χ4v) is 7.41. The van der Waals surface area contributed by atoms with Crippen molar-refractivity contribution in [3.8, 4) is 0 Å². The Morgan fingerprint density at radius 2 is 1.55 bits per heavy atom. The van der Waals surface area contributed by atoms with Crippen LogP contribution in [0.4, 0.5) is 5.69 Å². The minimum absolute atomic E-state index is 0.172. The van der Waals surface area contributed by atoms with Crippen LogP contribution in [0.25, 0.3) is 0 Å². The number of anilines is 1. The van der Waals surface area contributed by atoms with Gasteiger partial charge in [0.2, 0.25) is 5.91 Å². The lowest BCUT2D eigenvalue weighted by Gasteiger charge is -2.48. The zero-order valence-electron chi connectivity index (χ0n) is 25.2. The first-order valence-electron chi connectivity index (χ1n) is 15.3. The number of amides is 2. The third kappa shape index (κ3) is 4.43. The number of piperidine rings is 2. The Balaban J connectivity index is 1.30. The Hall–Kier alpha value is -1.94. The van der Waals surface area contributed by atoms with Crippen LogP contribution in [0, 0.1) is 0 Å². The van der Waals surface area contributed by atoms with Crippen LogP contribution in [-0.4, -0.2) is 88.9 Å². The average Bonchev–Trinajstić information content (AvgIpc) is 3.24. The summed E-state index contributed by atoms with van der Waals surface area (Å²) in [5, 5.41) is 10.3. The molecule has 0 bridgehead atoms. The van der Waals surface area contributed by atoms with Gasteiger partial charge in [0.25, 0.3) is 5.91 Å². The minimum Gasteiger partial charge on any atom is -0.399 e. The number of nitrogens with zero attached hydrogens (tertiary/aromatic N) is 3. The molecule has 40 heavy (non-hydrogen) atoms. The van der Waals surface area contributed by atoms with E-state index in [1.165, 1.54) is 46.2 Å². The van der Waals surface area contributed by atoms with Crippen LogP contribution < -0.4 is 10.4 Å². The van der Waals surface area contributed by atoms with E-state index in [0.717, 1.165) is 29.6 Å². The quantitative estimate of drug-likeness (QED) is 0.580. The van der Waals surface area contributed by atoms with Gasteiger partial charge in [0.1, 0.15) is 5.60 Å². The summed E-state index contributed by atoms with van der Waals surface area (Å²) in [6.07, 6.45) is 7.00. The fraction of sp³-hybridized carbons (Fsp3) is 0.742. The zero-order valence-corrected chi connectivity index (χ0v) is 25.2. The first kappa shape index (κ1) is 28.2. The van der Waals surface area contributed by atoms with E-state index < -0.39 is 29.3 Å². The molecule has 218 valence electrons. The number of aliphatic hydroxyl groups is 1. The number of rotatable bonds is 4. The van der Waals surface area contributed by atoms with Crippen LogP contribution in [0.15, 0.2) is 18.2 Å². The van der Waals surface area contributed by atoms with Crippen molar-refractivity contribution in [3.63, 3.8) is 0 Å². The molecule has 0 radical (unpaired) electrons. The third-order valence-corrected chi connectivity index (χ3v) is 10.7. The summed E-state index contributed by atoms with van der Waals surface area (Å²) in [5.74, 6) is -0.102. The first-order valence-corrected chi connectivity index (χ1v) is 15.3. The molecule has 6 rings (SSSR count). The molecule has 0 unspecified atom stereocenters. The third-order valence-electron chi connectivity index (χ3n) is 10.7. The molecule has 1 N–H and O–H groups in total. The second-order valence-electron chi connectivity index (χ2n) is 14.3. The predicted molar refractivity (Wildman–Crippen MR) is 156 cm³/mol. The maximum Gasteiger partial charge on any atom is 0.494 e. The maximum absolute atomic E-state index is 14.5. The smallest absolute Gasteiger partial charge is 0.399 e. The molecule has 5 aliphatic rings. The summed E-state index contributed by atoms with van der Waals surface area (Å²) in [7, 11) is -0.488. The van der Waals surface area contributed by atoms with E-state index in [-0.39, 0.29) is 17.9 Å². The summed E-state index contributed by atoms with van der Waals surface area (Å²) in [6.45, 7) is 14.6. The van der Waals surface area contributed by atoms with Gasteiger partial charge in [-0.1, -0.05) is 18.6 Å². The number of hydrogen-bond acceptors (Lipinski definition) is 6. The maximum atomic E-state index is 14.5. The molecule has 0 aromatic heterocycles. The summed E-state index contributed by atoms with van der Waals surface area (Å²) in [5.41, 5.74) is 0.0496. The lowest BCUT2D eigenvalue weighted by atomic mass is 9.71. The van der Waals surface area contributed by atoms with Crippen LogP contribution in [0.5, 0.6) is 0 Å². The molecule has 1 saturated carbocycles. The van der Waals surface area contributed by atoms with Gasteiger partial charge >= 0.3 is 7.12 Å². The Morgan fingerprint density at radius 3 is 2.12 bits per heavy atom. The highest BCUT2D eigenvalue weighted by atomic mass is 16.7. The van der Waals surface area contributed by atoms with Crippen LogP contribution >= 0.6 is 0 Å². The molecule has 9 heteroatoms. The number of benzene rings is 1. The van der Waals surface area contributed by atoms with Gasteiger partial charge in [-0.15, -0.1) is 0 Å². The van der Waals surface area contributed by atoms with Crippen molar-refractivity contribution in [2.45, 2.75) is 121 Å². The number of fused-ring (bicyclic) bond motifs is 2. The monoisotopic (exact) mass is 551 g/mol. The van der Waals surface area contributed by atoms with E-state index in [1.807, 2.05) is 0 Å². The van der Waals surface area contributed by atoms with E-state index in [4.69, 9.17) is 9.31 Å². The normalized spacial score (nSPS) is 29.6. The molecule has 4 aliphatic heterocycles. The molecule has 1 aliphatic carbocycles. The molecule has 1 aromatic rings. The van der Waals surface area contributed by atoms with Gasteiger partial charge in [0, 0.05) is 30.9 Å². The lowest BCUT2D eigenvalue weighted by Crippen LogP contribution is -2.59. The second kappa shape index (κ2) is 9.55. The first-order chi connectivity index (χ1) is 18.7. The van der Waals surface area contributed by atoms with Crippen LogP contribution in [0.1, 0.15) is 92.1 Å². The Bertz CT molecular complexity index is 1160. The number of likely N-dealkylation sites (tertiary alicyclic amines) is 2. The minimum atomic E-state index is -1.42. The second-order valence-corrected chi connectivity index (χ2v) is 14.3. The summed E-state index contributed by atoms with van der Waals surface area (Å²) in [4.78, 5) is 33.7. The largest absolute Gasteiger partial charge is 0.494 e. The molecule has 4 heterocycles. The molecular weight excluding hydrogens is 505 g/mol. The van der Waals surface area contributed by atoms with Crippen molar-refractivity contribution in [1.82, 2.24) is 9.80 Å². The van der Waals surface area contributed by atoms with Crippen LogP contribution in [0.2, 0.25) is 0 Å². The molecule has 1 spiro atoms. The van der Waals surface area contributed by atoms with Crippen molar-refractivity contribution in [3.05, 3.63) is 23.8 Å². The highest BCUT2D eigenvalue weighted by Gasteiger charge is 2.57. The Kier molecular flexibility index (Phi) is 6.73. The average molecular weight is 552 g/mol. The van der Waals surface area contributed by atoms with Crippen LogP contribution in [0.3, 0.4) is 0 Å². The molecule has 2 amide bonds. The van der Waals surface area contributed by atoms with Gasteiger partial charge in [-0.3, -0.25) is 9.59 Å². The van der Waals surface area contributed by atoms with E-state index in [9.17, 15) is 14.7 Å². The summed E-state index contributed by atoms with van der Waals surface area (Å²) < 4.78 is 12.8. The molecular formula is C31H46BN3O5. The van der Waals surface area contributed by atoms with E-state index in [2.05, 4.69) is 55.7 Å². The molecule has 1 aromatic carbocycles. The molecule has 3 saturated heterocycles. The molecule has 8 nitrogen and oxygen atoms in total. The van der Waals surface area contributed by atoms with Gasteiger partial charge in [-0.05, 0) is 110 Å². The van der Waals surface area contributed by atoms with Crippen molar-refractivity contribution in [2.24, 2.45) is 0 Å². The summed E-state index contributed by atoms with van der Waals surface area (Å²) in [6, 6.07) is 7.04. The van der Waals surface area contributed by atoms with Gasteiger partial charge in [-0.25, -0.2) is 0 Å². The Labute approximate surface area is 239 Å². The van der Waals surface area contributed by atoms with Crippen molar-refractivity contribution in [2.75, 3.05) is 31.1 Å². The number of hydrogen-bond donors (Lipinski definition) is 1. The zero-order chi connectivity index (χ0) is 28.7. The molecule has 4 fully saturated rings. The van der Waals surface area contributed by atoms with Gasteiger partial charge < -0.3 is 29.1 Å². The van der Waals surface area contributed by atoms with E-state index in [1.54, 1.807) is 4.90 Å². The summed E-state index contributed by atoms with van der Waals surface area (Å²) >= 11 is 0. The highest BCUT2D eigenvalue weighted by Crippen LogP contribution is 2.51. The number of carbonyl (C=O) groups excluding carboxylic acids is 2. The SMILES string of the molecule is CC(C)(O)C(=O)N1CCC2(CC1)C(=O)N(C1CC(N3CCCCC3)C1)c1cc(B3OC(C)(C)C(C)(C)O3)ccc12. The lowest BCUT2D eigenvalue weighted by molar-refractivity contribution is -0.150. The number of carbonyl (C=O) groups is 2. The van der Waals surface area contributed by atoms with E-state index in [0.29, 0.717) is 32.0 Å². The van der Waals surface area contributed by atoms with Gasteiger partial charge in [0.15, 0.2) is 0 Å². The van der Waals surface area contributed by atoms with Crippen molar-refractivity contribution in [1.29, 1.82) is 0 Å². The topological polar surface area (TPSA) is 82.6 Å². The van der Waals surface area contributed by atoms with Crippen molar-refractivity contribution >= 4 is 30.1 Å². The highest BCUT2D eigenvalue weighted by molar-refractivity contribution is 6.62.